The van der Waals surface area contributed by atoms with Gasteiger partial charge in [0.2, 0.25) is 5.91 Å². The van der Waals surface area contributed by atoms with Crippen molar-refractivity contribution in [3.05, 3.63) is 34.5 Å². The molecule has 0 aliphatic carbocycles. The molecule has 2 aromatic heterocycles. The van der Waals surface area contributed by atoms with Gasteiger partial charge in [-0.1, -0.05) is 6.07 Å². The van der Waals surface area contributed by atoms with E-state index in [9.17, 15) is 4.79 Å². The van der Waals surface area contributed by atoms with E-state index in [1.807, 2.05) is 16.5 Å². The first kappa shape index (κ1) is 15.2. The van der Waals surface area contributed by atoms with Crippen molar-refractivity contribution in [1.82, 2.24) is 19.7 Å². The average Bonchev–Trinajstić information content (AvgIpc) is 3.19. The number of ether oxygens (including phenoxy) is 1. The molecule has 0 spiro atoms. The number of rotatable bonds is 5. The smallest absolute Gasteiger partial charge is 0.222 e. The second-order valence-electron chi connectivity index (χ2n) is 5.43. The molecule has 3 heterocycles. The largest absolute Gasteiger partial charge is 0.366 e. The highest BCUT2D eigenvalue weighted by molar-refractivity contribution is 7.09. The van der Waals surface area contributed by atoms with Crippen LogP contribution in [-0.2, 0) is 23.0 Å². The van der Waals surface area contributed by atoms with Crippen LogP contribution < -0.4 is 0 Å². The van der Waals surface area contributed by atoms with Crippen LogP contribution in [-0.4, -0.2) is 45.3 Å². The molecule has 0 unspecified atom stereocenters. The summed E-state index contributed by atoms with van der Waals surface area (Å²) < 4.78 is 7.57. The fourth-order valence-electron chi connectivity index (χ4n) is 2.64. The summed E-state index contributed by atoms with van der Waals surface area (Å²) in [7, 11) is 1.89. The van der Waals surface area contributed by atoms with Gasteiger partial charge in [-0.05, 0) is 24.3 Å². The molecule has 1 fully saturated rings. The lowest BCUT2D eigenvalue weighted by Crippen LogP contribution is -2.42. The third kappa shape index (κ3) is 3.53. The maximum absolute atomic E-state index is 12.4. The van der Waals surface area contributed by atoms with Crippen LogP contribution >= 0.6 is 11.3 Å². The number of carbonyl (C=O) groups excluding carboxylic acids is 1. The summed E-state index contributed by atoms with van der Waals surface area (Å²) >= 11 is 1.75. The Morgan fingerprint density at radius 3 is 3.18 bits per heavy atom. The number of carbonyl (C=O) groups is 1. The van der Waals surface area contributed by atoms with Crippen molar-refractivity contribution in [2.75, 3.05) is 19.7 Å². The topological polar surface area (TPSA) is 60.2 Å². The predicted octanol–water partition coefficient (Wildman–Crippen LogP) is 1.80. The Morgan fingerprint density at radius 2 is 2.45 bits per heavy atom. The molecule has 118 valence electrons. The number of hydrogen-bond acceptors (Lipinski definition) is 5. The SMILES string of the molecule is Cn1cnnc1[C@H]1CN(C(=O)CCCc2cccs2)CCO1. The maximum Gasteiger partial charge on any atom is 0.222 e. The molecule has 0 saturated carbocycles. The summed E-state index contributed by atoms with van der Waals surface area (Å²) in [5, 5.41) is 10.0. The van der Waals surface area contributed by atoms with Crippen LogP contribution in [0.25, 0.3) is 0 Å². The van der Waals surface area contributed by atoms with Gasteiger partial charge < -0.3 is 14.2 Å². The zero-order valence-electron chi connectivity index (χ0n) is 12.6. The molecule has 3 rings (SSSR count). The molecule has 1 atom stereocenters. The molecule has 1 aliphatic heterocycles. The fraction of sp³-hybridized carbons (Fsp3) is 0.533. The van der Waals surface area contributed by atoms with E-state index in [1.54, 1.807) is 17.7 Å². The molecular formula is C15H20N4O2S. The fourth-order valence-corrected chi connectivity index (χ4v) is 3.39. The molecule has 0 aromatic carbocycles. The van der Waals surface area contributed by atoms with E-state index in [0.29, 0.717) is 26.1 Å². The number of amides is 1. The molecule has 6 nitrogen and oxygen atoms in total. The number of hydrogen-bond donors (Lipinski definition) is 0. The second kappa shape index (κ2) is 7.02. The minimum absolute atomic E-state index is 0.178. The predicted molar refractivity (Wildman–Crippen MR) is 83.5 cm³/mol. The van der Waals surface area contributed by atoms with Gasteiger partial charge in [-0.2, -0.15) is 0 Å². The first-order valence-electron chi connectivity index (χ1n) is 7.49. The monoisotopic (exact) mass is 320 g/mol. The third-order valence-electron chi connectivity index (χ3n) is 3.85. The number of nitrogens with zero attached hydrogens (tertiary/aromatic N) is 4. The molecule has 1 amide bonds. The van der Waals surface area contributed by atoms with Crippen LogP contribution in [0.4, 0.5) is 0 Å². The van der Waals surface area contributed by atoms with E-state index in [2.05, 4.69) is 27.7 Å². The van der Waals surface area contributed by atoms with Gasteiger partial charge >= 0.3 is 0 Å². The Labute approximate surface area is 133 Å². The van der Waals surface area contributed by atoms with Gasteiger partial charge in [-0.25, -0.2) is 0 Å². The van der Waals surface area contributed by atoms with E-state index in [4.69, 9.17) is 4.74 Å². The van der Waals surface area contributed by atoms with E-state index in [0.717, 1.165) is 18.7 Å². The molecule has 0 N–H and O–H groups in total. The first-order valence-corrected chi connectivity index (χ1v) is 8.37. The van der Waals surface area contributed by atoms with E-state index in [-0.39, 0.29) is 12.0 Å². The van der Waals surface area contributed by atoms with Gasteiger partial charge in [-0.3, -0.25) is 4.79 Å². The highest BCUT2D eigenvalue weighted by atomic mass is 32.1. The van der Waals surface area contributed by atoms with Gasteiger partial charge in [0.1, 0.15) is 12.4 Å². The second-order valence-corrected chi connectivity index (χ2v) is 6.46. The normalized spacial score (nSPS) is 18.6. The lowest BCUT2D eigenvalue weighted by molar-refractivity contribution is -0.139. The van der Waals surface area contributed by atoms with Crippen LogP contribution in [0.5, 0.6) is 0 Å². The average molecular weight is 320 g/mol. The summed E-state index contributed by atoms with van der Waals surface area (Å²) in [6, 6.07) is 4.17. The molecule has 0 bridgehead atoms. The minimum atomic E-state index is -0.178. The molecule has 0 radical (unpaired) electrons. The standard InChI is InChI=1S/C15H20N4O2S/c1-18-11-16-17-15(18)13-10-19(7-8-21-13)14(20)6-2-4-12-5-3-9-22-12/h3,5,9,11,13H,2,4,6-8,10H2,1H3/t13-/m1/s1. The van der Waals surface area contributed by atoms with Crippen molar-refractivity contribution < 1.29 is 9.53 Å². The van der Waals surface area contributed by atoms with Crippen molar-refractivity contribution >= 4 is 17.2 Å². The number of aromatic nitrogens is 3. The van der Waals surface area contributed by atoms with E-state index < -0.39 is 0 Å². The highest BCUT2D eigenvalue weighted by Crippen LogP contribution is 2.21. The summed E-state index contributed by atoms with van der Waals surface area (Å²) in [6.07, 6.45) is 3.93. The van der Waals surface area contributed by atoms with Crippen molar-refractivity contribution in [3.8, 4) is 0 Å². The third-order valence-corrected chi connectivity index (χ3v) is 4.78. The Bertz CT molecular complexity index is 611. The zero-order valence-corrected chi connectivity index (χ0v) is 13.5. The molecule has 2 aromatic rings. The van der Waals surface area contributed by atoms with Crippen molar-refractivity contribution in [2.24, 2.45) is 7.05 Å². The number of thiophene rings is 1. The van der Waals surface area contributed by atoms with Crippen LogP contribution in [0.1, 0.15) is 29.6 Å². The lowest BCUT2D eigenvalue weighted by Gasteiger charge is -2.32. The number of aryl methyl sites for hydroxylation is 2. The number of morpholine rings is 1. The first-order chi connectivity index (χ1) is 10.7. The minimum Gasteiger partial charge on any atom is -0.366 e. The quantitative estimate of drug-likeness (QED) is 0.843. The summed E-state index contributed by atoms with van der Waals surface area (Å²) in [4.78, 5) is 15.6. The van der Waals surface area contributed by atoms with Crippen LogP contribution in [0.15, 0.2) is 23.8 Å². The molecule has 1 saturated heterocycles. The van der Waals surface area contributed by atoms with Crippen molar-refractivity contribution in [3.63, 3.8) is 0 Å². The maximum atomic E-state index is 12.4. The Morgan fingerprint density at radius 1 is 1.55 bits per heavy atom. The van der Waals surface area contributed by atoms with Gasteiger partial charge in [0.05, 0.1) is 13.2 Å². The van der Waals surface area contributed by atoms with Crippen LogP contribution in [0.2, 0.25) is 0 Å². The van der Waals surface area contributed by atoms with E-state index in [1.165, 1.54) is 4.88 Å². The molecular weight excluding hydrogens is 300 g/mol. The van der Waals surface area contributed by atoms with Gasteiger partial charge in [-0.15, -0.1) is 21.5 Å². The summed E-state index contributed by atoms with van der Waals surface area (Å²) in [5.74, 6) is 0.975. The van der Waals surface area contributed by atoms with Crippen LogP contribution in [0, 0.1) is 0 Å². The molecule has 7 heteroatoms. The summed E-state index contributed by atoms with van der Waals surface area (Å²) in [6.45, 7) is 1.77. The van der Waals surface area contributed by atoms with E-state index >= 15 is 0 Å². The van der Waals surface area contributed by atoms with Gasteiger partial charge in [0.25, 0.3) is 0 Å². The Balaban J connectivity index is 1.51. The van der Waals surface area contributed by atoms with Gasteiger partial charge in [0, 0.05) is 24.9 Å². The Kier molecular flexibility index (Phi) is 4.84. The molecule has 22 heavy (non-hydrogen) atoms. The highest BCUT2D eigenvalue weighted by Gasteiger charge is 2.27. The lowest BCUT2D eigenvalue weighted by atomic mass is 10.1. The van der Waals surface area contributed by atoms with Crippen molar-refractivity contribution in [1.29, 1.82) is 0 Å². The van der Waals surface area contributed by atoms with Crippen LogP contribution in [0.3, 0.4) is 0 Å². The Hall–Kier alpha value is -1.73. The summed E-state index contributed by atoms with van der Waals surface area (Å²) in [5.41, 5.74) is 0. The van der Waals surface area contributed by atoms with Crippen molar-refractivity contribution in [2.45, 2.75) is 25.4 Å². The zero-order chi connectivity index (χ0) is 15.4. The molecule has 1 aliphatic rings. The van der Waals surface area contributed by atoms with Gasteiger partial charge in [0.15, 0.2) is 5.82 Å².